The Morgan fingerprint density at radius 3 is 2.78 bits per heavy atom. The second-order valence-corrected chi connectivity index (χ2v) is 6.46. The van der Waals surface area contributed by atoms with Crippen LogP contribution in [0.1, 0.15) is 11.3 Å². The molecular formula is C17H25N4O2+. The standard InChI is InChI=1S/C17H25N4O2/c1-13-5-6-15-16(18-3)17(19-20(15)14(13)2)23-12-9-21(4)7-10-22-11-8-21/h5-6H,3,7-12H2,1-2,4H3/q+1. The summed E-state index contributed by atoms with van der Waals surface area (Å²) in [7, 11) is 2.25. The number of hydrogen-bond donors (Lipinski definition) is 0. The number of pyridine rings is 1. The van der Waals surface area contributed by atoms with Gasteiger partial charge in [0.05, 0.1) is 25.8 Å². The molecule has 0 saturated carbocycles. The van der Waals surface area contributed by atoms with Crippen molar-refractivity contribution in [3.8, 4) is 5.88 Å². The fraction of sp³-hybridized carbons (Fsp3) is 0.529. The topological polar surface area (TPSA) is 48.1 Å². The molecule has 0 aromatic carbocycles. The maximum atomic E-state index is 5.95. The lowest BCUT2D eigenvalue weighted by molar-refractivity contribution is -0.916. The van der Waals surface area contributed by atoms with Crippen LogP contribution in [-0.2, 0) is 4.74 Å². The summed E-state index contributed by atoms with van der Waals surface area (Å²) < 4.78 is 14.3. The van der Waals surface area contributed by atoms with Gasteiger partial charge in [0.15, 0.2) is 5.69 Å². The first-order valence-corrected chi connectivity index (χ1v) is 8.04. The fourth-order valence-electron chi connectivity index (χ4n) is 2.91. The molecule has 2 aromatic heterocycles. The van der Waals surface area contributed by atoms with E-state index >= 15 is 0 Å². The van der Waals surface area contributed by atoms with Crippen LogP contribution in [0.3, 0.4) is 0 Å². The van der Waals surface area contributed by atoms with Gasteiger partial charge in [-0.15, -0.1) is 5.10 Å². The summed E-state index contributed by atoms with van der Waals surface area (Å²) in [4.78, 5) is 4.13. The van der Waals surface area contributed by atoms with Gasteiger partial charge in [0.1, 0.15) is 26.2 Å². The molecule has 1 fully saturated rings. The van der Waals surface area contributed by atoms with E-state index in [4.69, 9.17) is 9.47 Å². The molecule has 1 aliphatic rings. The molecule has 0 aliphatic carbocycles. The van der Waals surface area contributed by atoms with E-state index in [1.807, 2.05) is 17.5 Å². The number of morpholine rings is 1. The van der Waals surface area contributed by atoms with Crippen molar-refractivity contribution in [2.75, 3.05) is 46.5 Å². The largest absolute Gasteiger partial charge is 0.469 e. The zero-order valence-electron chi connectivity index (χ0n) is 14.2. The van der Waals surface area contributed by atoms with Crippen molar-refractivity contribution in [2.24, 2.45) is 4.99 Å². The van der Waals surface area contributed by atoms with E-state index in [-0.39, 0.29) is 0 Å². The van der Waals surface area contributed by atoms with Gasteiger partial charge >= 0.3 is 0 Å². The number of rotatable bonds is 5. The summed E-state index contributed by atoms with van der Waals surface area (Å²) in [5.41, 5.74) is 3.94. The molecule has 124 valence electrons. The minimum atomic E-state index is 0.563. The van der Waals surface area contributed by atoms with Crippen molar-refractivity contribution < 1.29 is 14.0 Å². The van der Waals surface area contributed by atoms with Gasteiger partial charge in [0.25, 0.3) is 5.88 Å². The lowest BCUT2D eigenvalue weighted by atomic mass is 10.2. The number of aromatic nitrogens is 2. The van der Waals surface area contributed by atoms with E-state index in [2.05, 4.69) is 36.8 Å². The Morgan fingerprint density at radius 2 is 2.09 bits per heavy atom. The number of aryl methyl sites for hydroxylation is 2. The highest BCUT2D eigenvalue weighted by Gasteiger charge is 2.25. The fourth-order valence-corrected chi connectivity index (χ4v) is 2.91. The third kappa shape index (κ3) is 3.09. The normalized spacial score (nSPS) is 17.3. The minimum absolute atomic E-state index is 0.563. The Balaban J connectivity index is 1.77. The maximum Gasteiger partial charge on any atom is 0.260 e. The molecule has 0 bridgehead atoms. The van der Waals surface area contributed by atoms with Gasteiger partial charge in [-0.3, -0.25) is 4.99 Å². The summed E-state index contributed by atoms with van der Waals surface area (Å²) >= 11 is 0. The first-order chi connectivity index (χ1) is 11.0. The van der Waals surface area contributed by atoms with Crippen LogP contribution in [0.5, 0.6) is 5.88 Å². The molecule has 0 atom stereocenters. The zero-order valence-corrected chi connectivity index (χ0v) is 14.2. The van der Waals surface area contributed by atoms with Crippen LogP contribution in [0.15, 0.2) is 17.1 Å². The first kappa shape index (κ1) is 16.0. The predicted octanol–water partition coefficient (Wildman–Crippen LogP) is 2.14. The summed E-state index contributed by atoms with van der Waals surface area (Å²) in [6, 6.07) is 4.09. The third-order valence-electron chi connectivity index (χ3n) is 4.82. The Bertz CT molecular complexity index is 717. The maximum absolute atomic E-state index is 5.95. The summed E-state index contributed by atoms with van der Waals surface area (Å²) in [5, 5.41) is 4.58. The van der Waals surface area contributed by atoms with Crippen LogP contribution >= 0.6 is 0 Å². The Labute approximate surface area is 136 Å². The molecule has 0 N–H and O–H groups in total. The molecule has 2 aromatic rings. The molecule has 3 rings (SSSR count). The van der Waals surface area contributed by atoms with Crippen molar-refractivity contribution in [1.29, 1.82) is 0 Å². The van der Waals surface area contributed by atoms with E-state index in [9.17, 15) is 0 Å². The number of ether oxygens (including phenoxy) is 2. The molecule has 0 unspecified atom stereocenters. The minimum Gasteiger partial charge on any atom is -0.469 e. The van der Waals surface area contributed by atoms with Crippen molar-refractivity contribution in [3.63, 3.8) is 0 Å². The van der Waals surface area contributed by atoms with E-state index in [0.717, 1.165) is 54.2 Å². The summed E-state index contributed by atoms with van der Waals surface area (Å²) in [5.74, 6) is 0.563. The third-order valence-corrected chi connectivity index (χ3v) is 4.82. The number of nitrogens with zero attached hydrogens (tertiary/aromatic N) is 4. The summed E-state index contributed by atoms with van der Waals surface area (Å²) in [6.07, 6.45) is 0. The van der Waals surface area contributed by atoms with Gasteiger partial charge in [-0.25, -0.2) is 4.52 Å². The first-order valence-electron chi connectivity index (χ1n) is 8.04. The quantitative estimate of drug-likeness (QED) is 0.627. The average Bonchev–Trinajstić information content (AvgIpc) is 2.90. The Kier molecular flexibility index (Phi) is 4.37. The van der Waals surface area contributed by atoms with E-state index in [0.29, 0.717) is 12.5 Å². The van der Waals surface area contributed by atoms with Crippen molar-refractivity contribution in [1.82, 2.24) is 9.61 Å². The van der Waals surface area contributed by atoms with E-state index in [1.165, 1.54) is 5.56 Å². The van der Waals surface area contributed by atoms with Crippen molar-refractivity contribution >= 4 is 17.9 Å². The highest BCUT2D eigenvalue weighted by molar-refractivity contribution is 5.76. The van der Waals surface area contributed by atoms with Crippen LogP contribution in [0.2, 0.25) is 0 Å². The van der Waals surface area contributed by atoms with Gasteiger partial charge in [0, 0.05) is 5.69 Å². The second kappa shape index (κ2) is 6.29. The molecule has 23 heavy (non-hydrogen) atoms. The average molecular weight is 317 g/mol. The monoisotopic (exact) mass is 317 g/mol. The zero-order chi connectivity index (χ0) is 16.4. The number of quaternary nitrogens is 1. The van der Waals surface area contributed by atoms with Crippen molar-refractivity contribution in [2.45, 2.75) is 13.8 Å². The molecule has 3 heterocycles. The number of likely N-dealkylation sites (N-methyl/N-ethyl adjacent to an activating group) is 1. The summed E-state index contributed by atoms with van der Waals surface area (Å²) in [6.45, 7) is 13.0. The molecule has 1 saturated heterocycles. The SMILES string of the molecule is C=Nc1c(OCC[N+]2(C)CCOCC2)nn2c(C)c(C)ccc12. The van der Waals surface area contributed by atoms with Crippen molar-refractivity contribution in [3.05, 3.63) is 23.4 Å². The number of aliphatic imine (C=N–C) groups is 1. The van der Waals surface area contributed by atoms with Crippen LogP contribution in [0.25, 0.3) is 5.52 Å². The molecule has 0 spiro atoms. The highest BCUT2D eigenvalue weighted by Crippen LogP contribution is 2.32. The van der Waals surface area contributed by atoms with E-state index in [1.54, 1.807) is 0 Å². The lowest BCUT2D eigenvalue weighted by Gasteiger charge is -2.37. The Morgan fingerprint density at radius 1 is 1.35 bits per heavy atom. The van der Waals surface area contributed by atoms with Gasteiger partial charge in [-0.1, -0.05) is 6.07 Å². The molecule has 1 aliphatic heterocycles. The van der Waals surface area contributed by atoms with Gasteiger partial charge in [-0.05, 0) is 32.2 Å². The Hall–Kier alpha value is -1.92. The number of fused-ring (bicyclic) bond motifs is 1. The van der Waals surface area contributed by atoms with E-state index < -0.39 is 0 Å². The molecule has 6 heteroatoms. The highest BCUT2D eigenvalue weighted by atomic mass is 16.5. The lowest BCUT2D eigenvalue weighted by Crippen LogP contribution is -2.53. The van der Waals surface area contributed by atoms with Gasteiger partial charge in [0.2, 0.25) is 0 Å². The molecule has 0 amide bonds. The van der Waals surface area contributed by atoms with Crippen LogP contribution in [-0.4, -0.2) is 67.3 Å². The second-order valence-electron chi connectivity index (χ2n) is 6.46. The molecular weight excluding hydrogens is 292 g/mol. The number of hydrogen-bond acceptors (Lipinski definition) is 4. The van der Waals surface area contributed by atoms with Gasteiger partial charge < -0.3 is 14.0 Å². The van der Waals surface area contributed by atoms with Crippen LogP contribution in [0.4, 0.5) is 5.69 Å². The van der Waals surface area contributed by atoms with Crippen LogP contribution in [0, 0.1) is 13.8 Å². The predicted molar refractivity (Wildman–Crippen MR) is 91.0 cm³/mol. The molecule has 6 nitrogen and oxygen atoms in total. The molecule has 0 radical (unpaired) electrons. The smallest absolute Gasteiger partial charge is 0.260 e. The van der Waals surface area contributed by atoms with Crippen LogP contribution < -0.4 is 4.74 Å². The van der Waals surface area contributed by atoms with Gasteiger partial charge in [-0.2, -0.15) is 0 Å².